The summed E-state index contributed by atoms with van der Waals surface area (Å²) in [7, 11) is 0. The molecule has 0 rings (SSSR count). The smallest absolute Gasteiger partial charge is 0.173 e. The molecule has 0 bridgehead atoms. The highest BCUT2D eigenvalue weighted by Crippen LogP contribution is 1.59. The maximum absolute atomic E-state index is 7.85. The van der Waals surface area contributed by atoms with Gasteiger partial charge >= 0.3 is 0 Å². The van der Waals surface area contributed by atoms with Crippen molar-refractivity contribution in [2.45, 2.75) is 0 Å². The van der Waals surface area contributed by atoms with Gasteiger partial charge in [-0.15, -0.1) is 6.42 Å². The maximum atomic E-state index is 7.85. The van der Waals surface area contributed by atoms with Crippen LogP contribution in [0.5, 0.6) is 0 Å². The first kappa shape index (κ1) is 7.84. The summed E-state index contributed by atoms with van der Waals surface area (Å²) < 4.78 is 4.19. The number of hydrogen-bond donors (Lipinski definition) is 1. The minimum Gasteiger partial charge on any atom is -0.460 e. The summed E-state index contributed by atoms with van der Waals surface area (Å²) in [5.74, 6) is 8.80. The van der Waals surface area contributed by atoms with E-state index < -0.39 is 0 Å². The van der Waals surface area contributed by atoms with E-state index in [0.29, 0.717) is 0 Å². The highest BCUT2D eigenvalue weighted by molar-refractivity contribution is 5.32. The first-order chi connectivity index (χ1) is 4.91. The number of aliphatic hydroxyl groups is 1. The Kier molecular flexibility index (Phi) is 5.36. The molecule has 1 N–H and O–H groups in total. The van der Waals surface area contributed by atoms with Crippen molar-refractivity contribution >= 4 is 0 Å². The highest BCUT2D eigenvalue weighted by Gasteiger charge is 1.60. The van der Waals surface area contributed by atoms with Gasteiger partial charge in [0.05, 0.1) is 0 Å². The topological polar surface area (TPSA) is 29.5 Å². The molecule has 0 aliphatic rings. The third kappa shape index (κ3) is 5.84. The zero-order chi connectivity index (χ0) is 7.66. The molecule has 10 heavy (non-hydrogen) atoms. The highest BCUT2D eigenvalue weighted by atomic mass is 16.5. The molecule has 0 amide bonds. The van der Waals surface area contributed by atoms with Crippen LogP contribution in [0.25, 0.3) is 0 Å². The molecule has 0 fully saturated rings. The van der Waals surface area contributed by atoms with Crippen LogP contribution in [0.4, 0.5) is 0 Å². The van der Waals surface area contributed by atoms with Gasteiger partial charge in [-0.1, -0.05) is 0 Å². The quantitative estimate of drug-likeness (QED) is 0.464. The molecule has 0 aromatic rings. The van der Waals surface area contributed by atoms with E-state index in [2.05, 4.69) is 34.5 Å². The average molecular weight is 130 g/mol. The van der Waals surface area contributed by atoms with E-state index in [1.807, 2.05) is 6.11 Å². The monoisotopic (exact) mass is 130 g/mol. The summed E-state index contributed by atoms with van der Waals surface area (Å²) in [5.41, 5.74) is 0. The first-order valence-corrected chi connectivity index (χ1v) is 2.17. The van der Waals surface area contributed by atoms with Crippen molar-refractivity contribution in [2.24, 2.45) is 0 Å². The van der Waals surface area contributed by atoms with Crippen LogP contribution in [0.15, 0.2) is 0 Å². The summed E-state index contributed by atoms with van der Waals surface area (Å²) in [5, 5.41) is 7.85. The van der Waals surface area contributed by atoms with Gasteiger partial charge in [-0.2, -0.15) is 0 Å². The van der Waals surface area contributed by atoms with Crippen molar-refractivity contribution < 1.29 is 9.84 Å². The Morgan fingerprint density at radius 2 is 1.90 bits per heavy atom. The van der Waals surface area contributed by atoms with Crippen LogP contribution in [0.2, 0.25) is 0 Å². The Balaban J connectivity index is 3.70. The van der Waals surface area contributed by atoms with Gasteiger partial charge in [-0.25, -0.2) is 0 Å². The Morgan fingerprint density at radius 1 is 1.10 bits per heavy atom. The number of terminal acetylenes is 1. The lowest BCUT2D eigenvalue weighted by atomic mass is 10.6. The fraction of sp³-hybridized carbons (Fsp3) is 0. The third-order valence-electron chi connectivity index (χ3n) is 0.396. The van der Waals surface area contributed by atoms with Crippen molar-refractivity contribution in [1.82, 2.24) is 0 Å². The fourth-order valence-corrected chi connectivity index (χ4v) is 0.167. The van der Waals surface area contributed by atoms with Crippen molar-refractivity contribution in [2.75, 3.05) is 0 Å². The summed E-state index contributed by atoms with van der Waals surface area (Å²) in [4.78, 5) is 0. The Labute approximate surface area is 59.2 Å². The molecule has 0 saturated carbocycles. The van der Waals surface area contributed by atoms with Gasteiger partial charge in [0.1, 0.15) is 6.11 Å². The normalized spacial score (nSPS) is 3.90. The van der Waals surface area contributed by atoms with Gasteiger partial charge in [-0.05, 0) is 11.8 Å². The molecule has 0 unspecified atom stereocenters. The molecule has 46 valence electrons. The second kappa shape index (κ2) is 6.84. The van der Waals surface area contributed by atoms with E-state index in [1.165, 1.54) is 6.11 Å². The van der Waals surface area contributed by atoms with Crippen LogP contribution < -0.4 is 0 Å². The number of ether oxygens (including phenoxy) is 1. The molecule has 0 aromatic carbocycles. The first-order valence-electron chi connectivity index (χ1n) is 2.17. The predicted molar refractivity (Wildman–Crippen MR) is 35.2 cm³/mol. The van der Waals surface area contributed by atoms with E-state index in [0.717, 1.165) is 0 Å². The number of hydrogen-bond acceptors (Lipinski definition) is 2. The van der Waals surface area contributed by atoms with Crippen LogP contribution in [0.3, 0.4) is 0 Å². The lowest BCUT2D eigenvalue weighted by Gasteiger charge is -1.68. The summed E-state index contributed by atoms with van der Waals surface area (Å²) >= 11 is 0. The molecule has 0 aliphatic carbocycles. The molecule has 2 heteroatoms. The zero-order valence-corrected chi connectivity index (χ0v) is 4.93. The SMILES string of the molecule is C#CC#CC#COC#CO. The third-order valence-corrected chi connectivity index (χ3v) is 0.396. The lowest BCUT2D eigenvalue weighted by Crippen LogP contribution is -1.64. The molecular weight excluding hydrogens is 128 g/mol. The zero-order valence-electron chi connectivity index (χ0n) is 4.93. The maximum Gasteiger partial charge on any atom is 0.173 e. The minimum absolute atomic E-state index is 1.50. The minimum atomic E-state index is 1.50. The van der Waals surface area contributed by atoms with Crippen LogP contribution in [-0.2, 0) is 4.74 Å². The molecule has 0 aliphatic heterocycles. The summed E-state index contributed by atoms with van der Waals surface area (Å²) in [6, 6.07) is 0. The predicted octanol–water partition coefficient (Wildman–Crippen LogP) is -0.109. The largest absolute Gasteiger partial charge is 0.460 e. The Bertz CT molecular complexity index is 301. The summed E-state index contributed by atoms with van der Waals surface area (Å²) in [6.45, 7) is 0. The number of rotatable bonds is 0. The van der Waals surface area contributed by atoms with Crippen molar-refractivity contribution in [3.05, 3.63) is 0 Å². The van der Waals surface area contributed by atoms with Gasteiger partial charge in [0, 0.05) is 11.8 Å². The molecule has 0 spiro atoms. The number of aliphatic hydroxyl groups excluding tert-OH is 1. The van der Waals surface area contributed by atoms with Crippen LogP contribution >= 0.6 is 0 Å². The van der Waals surface area contributed by atoms with Gasteiger partial charge in [0.2, 0.25) is 0 Å². The molecule has 0 aromatic heterocycles. The average Bonchev–Trinajstić information content (AvgIpc) is 1.97. The molecule has 0 saturated heterocycles. The fourth-order valence-electron chi connectivity index (χ4n) is 0.167. The van der Waals surface area contributed by atoms with Crippen LogP contribution in [0, 0.1) is 48.4 Å². The van der Waals surface area contributed by atoms with Crippen molar-refractivity contribution in [1.29, 1.82) is 0 Å². The van der Waals surface area contributed by atoms with Crippen LogP contribution in [0.1, 0.15) is 0 Å². The second-order valence-corrected chi connectivity index (χ2v) is 0.937. The molecule has 0 heterocycles. The van der Waals surface area contributed by atoms with E-state index in [1.54, 1.807) is 0 Å². The van der Waals surface area contributed by atoms with Gasteiger partial charge in [0.25, 0.3) is 0 Å². The molecule has 2 nitrogen and oxygen atoms in total. The van der Waals surface area contributed by atoms with E-state index in [-0.39, 0.29) is 0 Å². The summed E-state index contributed by atoms with van der Waals surface area (Å²) in [6.07, 6.45) is 10.2. The van der Waals surface area contributed by atoms with Gasteiger partial charge < -0.3 is 9.84 Å². The van der Waals surface area contributed by atoms with Crippen molar-refractivity contribution in [3.63, 3.8) is 0 Å². The lowest BCUT2D eigenvalue weighted by molar-refractivity contribution is 0.451. The van der Waals surface area contributed by atoms with E-state index >= 15 is 0 Å². The van der Waals surface area contributed by atoms with E-state index in [4.69, 9.17) is 11.5 Å². The van der Waals surface area contributed by atoms with Gasteiger partial charge in [0.15, 0.2) is 12.2 Å². The molecule has 0 atom stereocenters. The van der Waals surface area contributed by atoms with E-state index in [9.17, 15) is 0 Å². The Hall–Kier alpha value is -2.16. The molecule has 0 radical (unpaired) electrons. The van der Waals surface area contributed by atoms with Crippen LogP contribution in [-0.4, -0.2) is 5.11 Å². The van der Waals surface area contributed by atoms with Crippen molar-refractivity contribution in [3.8, 4) is 48.4 Å². The Morgan fingerprint density at radius 3 is 2.50 bits per heavy atom. The second-order valence-electron chi connectivity index (χ2n) is 0.937. The van der Waals surface area contributed by atoms with Gasteiger partial charge in [-0.3, -0.25) is 0 Å². The molecular formula is C8H2O2. The standard InChI is InChI=1S/C8H2O2/c1-2-3-4-5-7-10-8-6-9/h1,9H.